The predicted octanol–water partition coefficient (Wildman–Crippen LogP) is 5.94. The summed E-state index contributed by atoms with van der Waals surface area (Å²) in [7, 11) is 5.78. The van der Waals surface area contributed by atoms with E-state index in [1.165, 1.54) is 0 Å². The Morgan fingerprint density at radius 3 is 2.55 bits per heavy atom. The highest BCUT2D eigenvalue weighted by Gasteiger charge is 2.17. The molecule has 5 nitrogen and oxygen atoms in total. The summed E-state index contributed by atoms with van der Waals surface area (Å²) in [5.41, 5.74) is 4.89. The van der Waals surface area contributed by atoms with Crippen molar-refractivity contribution in [1.82, 2.24) is 14.9 Å². The number of nitrogens with one attached hydrogen (secondary N) is 1. The molecule has 31 heavy (non-hydrogen) atoms. The molecular formula is C26H35N5. The van der Waals surface area contributed by atoms with Crippen molar-refractivity contribution in [3.8, 4) is 11.4 Å². The Morgan fingerprint density at radius 2 is 1.97 bits per heavy atom. The van der Waals surface area contributed by atoms with Crippen LogP contribution in [0, 0.1) is 0 Å². The van der Waals surface area contributed by atoms with E-state index in [2.05, 4.69) is 69.0 Å². The van der Waals surface area contributed by atoms with E-state index in [9.17, 15) is 0 Å². The van der Waals surface area contributed by atoms with Crippen LogP contribution in [0.5, 0.6) is 0 Å². The van der Waals surface area contributed by atoms with Gasteiger partial charge in [0, 0.05) is 62.0 Å². The molecule has 2 aromatic rings. The Kier molecular flexibility index (Phi) is 8.31. The molecule has 0 saturated heterocycles. The highest BCUT2D eigenvalue weighted by Crippen LogP contribution is 2.28. The molecule has 1 aromatic heterocycles. The fourth-order valence-corrected chi connectivity index (χ4v) is 3.13. The maximum Gasteiger partial charge on any atom is 0.161 e. The van der Waals surface area contributed by atoms with Crippen molar-refractivity contribution in [2.45, 2.75) is 39.7 Å². The lowest BCUT2D eigenvalue weighted by Gasteiger charge is -2.23. The highest BCUT2D eigenvalue weighted by atomic mass is 15.1. The number of aliphatic imine (C=N–C) groups is 1. The maximum absolute atomic E-state index is 4.92. The van der Waals surface area contributed by atoms with Crippen molar-refractivity contribution >= 4 is 23.2 Å². The molecule has 0 bridgehead atoms. The van der Waals surface area contributed by atoms with Crippen LogP contribution in [0.15, 0.2) is 60.4 Å². The van der Waals surface area contributed by atoms with Gasteiger partial charge in [0.25, 0.3) is 0 Å². The van der Waals surface area contributed by atoms with E-state index < -0.39 is 0 Å². The molecule has 0 saturated carbocycles. The van der Waals surface area contributed by atoms with Crippen LogP contribution in [0.3, 0.4) is 0 Å². The number of hydrogen-bond acceptors (Lipinski definition) is 5. The van der Waals surface area contributed by atoms with Gasteiger partial charge in [-0.1, -0.05) is 43.9 Å². The normalized spacial score (nSPS) is 12.9. The topological polar surface area (TPSA) is 53.4 Å². The Bertz CT molecular complexity index is 991. The van der Waals surface area contributed by atoms with Crippen molar-refractivity contribution in [1.29, 1.82) is 0 Å². The summed E-state index contributed by atoms with van der Waals surface area (Å²) < 4.78 is 0. The average molecular weight is 418 g/mol. The maximum atomic E-state index is 4.92. The molecule has 0 spiro atoms. The van der Waals surface area contributed by atoms with E-state index in [4.69, 9.17) is 9.97 Å². The van der Waals surface area contributed by atoms with Crippen LogP contribution in [0.25, 0.3) is 22.5 Å². The number of anilines is 1. The second-order valence-corrected chi connectivity index (χ2v) is 8.62. The molecule has 5 heteroatoms. The Morgan fingerprint density at radius 1 is 1.23 bits per heavy atom. The fraction of sp³-hybridized carbons (Fsp3) is 0.346. The summed E-state index contributed by atoms with van der Waals surface area (Å²) in [5.74, 6) is 1.48. The third-order valence-corrected chi connectivity index (χ3v) is 4.36. The largest absolute Gasteiger partial charge is 0.383 e. The summed E-state index contributed by atoms with van der Waals surface area (Å²) in [5, 5.41) is 3.54. The van der Waals surface area contributed by atoms with Gasteiger partial charge in [-0.3, -0.25) is 4.99 Å². The van der Waals surface area contributed by atoms with Crippen molar-refractivity contribution in [2.75, 3.05) is 26.5 Å². The van der Waals surface area contributed by atoms with Crippen LogP contribution >= 0.6 is 0 Å². The minimum absolute atomic E-state index is 0.145. The minimum atomic E-state index is -0.145. The monoisotopic (exact) mass is 417 g/mol. The summed E-state index contributed by atoms with van der Waals surface area (Å²) in [6, 6.07) is 8.23. The van der Waals surface area contributed by atoms with E-state index in [-0.39, 0.29) is 5.54 Å². The Labute approximate surface area is 187 Å². The zero-order valence-corrected chi connectivity index (χ0v) is 19.9. The summed E-state index contributed by atoms with van der Waals surface area (Å²) in [6.45, 7) is 12.4. The van der Waals surface area contributed by atoms with Crippen LogP contribution in [-0.2, 0) is 0 Å². The van der Waals surface area contributed by atoms with Gasteiger partial charge in [-0.05, 0) is 44.4 Å². The molecule has 1 N–H and O–H groups in total. The molecule has 1 heterocycles. The number of allylic oxidation sites excluding steroid dienone is 4. The lowest BCUT2D eigenvalue weighted by Crippen LogP contribution is -2.27. The van der Waals surface area contributed by atoms with Gasteiger partial charge in [0.05, 0.1) is 0 Å². The van der Waals surface area contributed by atoms with E-state index in [1.54, 1.807) is 7.05 Å². The molecule has 2 rings (SSSR count). The molecule has 164 valence electrons. The van der Waals surface area contributed by atoms with Gasteiger partial charge in [0.2, 0.25) is 0 Å². The van der Waals surface area contributed by atoms with Gasteiger partial charge in [0.1, 0.15) is 5.82 Å². The van der Waals surface area contributed by atoms with Crippen molar-refractivity contribution in [3.05, 3.63) is 66.5 Å². The molecule has 0 aliphatic rings. The number of nitrogens with zero attached hydrogens (tertiary/aromatic N) is 4. The van der Waals surface area contributed by atoms with Gasteiger partial charge in [-0.2, -0.15) is 0 Å². The molecule has 0 atom stereocenters. The molecule has 0 aliphatic carbocycles. The molecular weight excluding hydrogens is 382 g/mol. The van der Waals surface area contributed by atoms with Crippen LogP contribution in [-0.4, -0.2) is 47.8 Å². The van der Waals surface area contributed by atoms with Crippen LogP contribution in [0.2, 0.25) is 0 Å². The van der Waals surface area contributed by atoms with Crippen LogP contribution in [0.1, 0.15) is 45.2 Å². The number of aromatic nitrogens is 2. The number of rotatable bonds is 8. The smallest absolute Gasteiger partial charge is 0.161 e. The standard InChI is InChI=1S/C26H35N5/c1-9-12-22(16-27-6)23-17-28-24(29-25(23)30-26(3,4)5)21-14-11-13-20(15-21)19(10-2)18-31(7)8/h10-18H,2,9H2,1,3-8H3,(H,28,29,30)/b19-18+,22-12+,27-16?. The van der Waals surface area contributed by atoms with Gasteiger partial charge >= 0.3 is 0 Å². The van der Waals surface area contributed by atoms with E-state index in [1.807, 2.05) is 49.6 Å². The van der Waals surface area contributed by atoms with Crippen molar-refractivity contribution < 1.29 is 0 Å². The number of hydrogen-bond donors (Lipinski definition) is 1. The molecule has 0 amide bonds. The second-order valence-electron chi connectivity index (χ2n) is 8.62. The SMILES string of the molecule is C=C/C(=C\N(C)C)c1cccc(-c2ncc(/C(C=NC)=C/CC)c(NC(C)(C)C)n2)c1. The summed E-state index contributed by atoms with van der Waals surface area (Å²) in [4.78, 5) is 15.9. The average Bonchev–Trinajstić information content (AvgIpc) is 2.70. The third kappa shape index (κ3) is 6.92. The highest BCUT2D eigenvalue weighted by molar-refractivity contribution is 6.11. The zero-order valence-electron chi connectivity index (χ0n) is 19.9. The van der Waals surface area contributed by atoms with Crippen molar-refractivity contribution in [3.63, 3.8) is 0 Å². The Balaban J connectivity index is 2.61. The van der Waals surface area contributed by atoms with E-state index in [0.29, 0.717) is 5.82 Å². The predicted molar refractivity (Wildman–Crippen MR) is 135 cm³/mol. The first kappa shape index (κ1) is 24.1. The molecule has 0 radical (unpaired) electrons. The van der Waals surface area contributed by atoms with Gasteiger partial charge < -0.3 is 10.2 Å². The quantitative estimate of drug-likeness (QED) is 0.427. The lowest BCUT2D eigenvalue weighted by molar-refractivity contribution is 0.566. The molecule has 0 unspecified atom stereocenters. The first-order chi connectivity index (χ1) is 14.7. The third-order valence-electron chi connectivity index (χ3n) is 4.36. The van der Waals surface area contributed by atoms with Gasteiger partial charge in [-0.15, -0.1) is 0 Å². The summed E-state index contributed by atoms with van der Waals surface area (Å²) >= 11 is 0. The van der Waals surface area contributed by atoms with Crippen LogP contribution in [0.4, 0.5) is 5.82 Å². The Hall–Kier alpha value is -3.21. The minimum Gasteiger partial charge on any atom is -0.383 e. The molecule has 1 aromatic carbocycles. The summed E-state index contributed by atoms with van der Waals surface area (Å²) in [6.07, 6.45) is 10.7. The van der Waals surface area contributed by atoms with Crippen molar-refractivity contribution in [2.24, 2.45) is 4.99 Å². The first-order valence-electron chi connectivity index (χ1n) is 10.6. The van der Waals surface area contributed by atoms with Crippen LogP contribution < -0.4 is 5.32 Å². The van der Waals surface area contributed by atoms with Gasteiger partial charge in [-0.25, -0.2) is 9.97 Å². The lowest BCUT2D eigenvalue weighted by atomic mass is 10.0. The van der Waals surface area contributed by atoms with E-state index in [0.717, 1.165) is 40.1 Å². The fourth-order valence-electron chi connectivity index (χ4n) is 3.13. The second kappa shape index (κ2) is 10.7. The first-order valence-corrected chi connectivity index (χ1v) is 10.6. The zero-order chi connectivity index (χ0) is 23.0. The van der Waals surface area contributed by atoms with E-state index >= 15 is 0 Å². The van der Waals surface area contributed by atoms with Gasteiger partial charge in [0.15, 0.2) is 5.82 Å². The number of benzene rings is 1. The molecule has 0 aliphatic heterocycles. The molecule has 0 fully saturated rings.